The molecule has 3 aromatic rings. The molecule has 0 atom stereocenters. The molecule has 2 fully saturated rings. The van der Waals surface area contributed by atoms with Gasteiger partial charge in [0.05, 0.1) is 5.52 Å². The van der Waals surface area contributed by atoms with Crippen molar-refractivity contribution in [3.8, 4) is 0 Å². The van der Waals surface area contributed by atoms with Crippen molar-refractivity contribution in [3.63, 3.8) is 0 Å². The Hall–Kier alpha value is -3.55. The van der Waals surface area contributed by atoms with Crippen LogP contribution in [0.1, 0.15) is 47.8 Å². The van der Waals surface area contributed by atoms with Crippen molar-refractivity contribution in [2.75, 3.05) is 37.0 Å². The molecule has 0 unspecified atom stereocenters. The van der Waals surface area contributed by atoms with Crippen LogP contribution >= 0.6 is 0 Å². The van der Waals surface area contributed by atoms with Gasteiger partial charge in [-0.25, -0.2) is 19.9 Å². The monoisotopic (exact) mass is 429 g/mol. The Kier molecular flexibility index (Phi) is 5.43. The zero-order chi connectivity index (χ0) is 22.1. The third-order valence-corrected chi connectivity index (χ3v) is 5.71. The van der Waals surface area contributed by atoms with Crippen LogP contribution in [0.5, 0.6) is 0 Å². The summed E-state index contributed by atoms with van der Waals surface area (Å²) < 4.78 is 0. The third-order valence-electron chi connectivity index (χ3n) is 5.71. The second-order valence-corrected chi connectivity index (χ2v) is 8.56. The van der Waals surface area contributed by atoms with Crippen molar-refractivity contribution in [1.29, 1.82) is 0 Å². The summed E-state index contributed by atoms with van der Waals surface area (Å²) in [6.45, 7) is 1.90. The van der Waals surface area contributed by atoms with E-state index in [0.29, 0.717) is 17.3 Å². The minimum absolute atomic E-state index is 0.137. The van der Waals surface area contributed by atoms with E-state index in [0.717, 1.165) is 61.3 Å². The average molecular weight is 430 g/mol. The number of benzene rings is 1. The van der Waals surface area contributed by atoms with Crippen LogP contribution in [-0.2, 0) is 0 Å². The molecule has 1 aliphatic heterocycles. The number of fused-ring (bicyclic) bond motifs is 1. The normalized spacial score (nSPS) is 16.1. The maximum absolute atomic E-state index is 12.7. The smallest absolute Gasteiger partial charge is 0.270 e. The Morgan fingerprint density at radius 2 is 1.75 bits per heavy atom. The number of hydrogen-bond donors (Lipinski definition) is 1. The summed E-state index contributed by atoms with van der Waals surface area (Å²) in [6.07, 6.45) is 7.95. The molecule has 0 bridgehead atoms. The van der Waals surface area contributed by atoms with Crippen LogP contribution in [-0.4, -0.2) is 59.1 Å². The summed E-state index contributed by atoms with van der Waals surface area (Å²) in [5.41, 5.74) is 1.28. The molecule has 1 aromatic carbocycles. The van der Waals surface area contributed by atoms with Crippen LogP contribution in [0.2, 0.25) is 0 Å². The molecule has 2 aromatic heterocycles. The molecule has 8 nitrogen and oxygen atoms in total. The van der Waals surface area contributed by atoms with Crippen LogP contribution in [0.25, 0.3) is 23.1 Å². The van der Waals surface area contributed by atoms with E-state index < -0.39 is 0 Å². The Morgan fingerprint density at radius 1 is 1.03 bits per heavy atom. The molecule has 0 radical (unpaired) electrons. The van der Waals surface area contributed by atoms with Gasteiger partial charge in [0.2, 0.25) is 0 Å². The number of aromatic nitrogens is 4. The molecule has 1 N–H and O–H groups in total. The first kappa shape index (κ1) is 20.4. The van der Waals surface area contributed by atoms with E-state index >= 15 is 0 Å². The SMILES string of the molecule is CN(C)c1nc(C=Cc2nc(C(=O)NC3CC3)cc(N3CCCC3)n2)nc2ccccc12. The molecule has 3 heterocycles. The predicted molar refractivity (Wildman–Crippen MR) is 127 cm³/mol. The average Bonchev–Trinajstić information content (AvgIpc) is 3.44. The number of nitrogens with one attached hydrogen (secondary N) is 1. The summed E-state index contributed by atoms with van der Waals surface area (Å²) in [5.74, 6) is 2.57. The van der Waals surface area contributed by atoms with Gasteiger partial charge in [-0.3, -0.25) is 4.79 Å². The van der Waals surface area contributed by atoms with Crippen molar-refractivity contribution in [1.82, 2.24) is 25.3 Å². The van der Waals surface area contributed by atoms with Crippen LogP contribution in [0, 0.1) is 0 Å². The highest BCUT2D eigenvalue weighted by atomic mass is 16.2. The maximum Gasteiger partial charge on any atom is 0.270 e. The topological polar surface area (TPSA) is 87.1 Å². The third kappa shape index (κ3) is 4.39. The standard InChI is InChI=1S/C24H27N7O/c1-30(2)23-17-7-3-4-8-18(17)26-21(29-23)12-11-20-27-19(24(32)25-16-9-10-16)15-22(28-20)31-13-5-6-14-31/h3-4,7-8,11-12,15-16H,5-6,9-10,13-14H2,1-2H3,(H,25,32). The first-order chi connectivity index (χ1) is 15.6. The van der Waals surface area contributed by atoms with Crippen molar-refractivity contribution in [2.24, 2.45) is 0 Å². The van der Waals surface area contributed by atoms with Crippen molar-refractivity contribution in [3.05, 3.63) is 47.7 Å². The highest BCUT2D eigenvalue weighted by molar-refractivity contribution is 5.94. The fraction of sp³-hybridized carbons (Fsp3) is 0.375. The lowest BCUT2D eigenvalue weighted by Crippen LogP contribution is -2.28. The summed E-state index contributed by atoms with van der Waals surface area (Å²) in [6, 6.07) is 10.0. The first-order valence-electron chi connectivity index (χ1n) is 11.1. The van der Waals surface area contributed by atoms with Gasteiger partial charge in [-0.15, -0.1) is 0 Å². The van der Waals surface area contributed by atoms with Gasteiger partial charge in [0.15, 0.2) is 11.6 Å². The van der Waals surface area contributed by atoms with E-state index in [1.807, 2.05) is 49.3 Å². The molecule has 32 heavy (non-hydrogen) atoms. The Labute approximate surface area is 187 Å². The number of carbonyl (C=O) groups is 1. The molecule has 164 valence electrons. The lowest BCUT2D eigenvalue weighted by molar-refractivity contribution is 0.0946. The van der Waals surface area contributed by atoms with Gasteiger partial charge in [0.1, 0.15) is 17.3 Å². The van der Waals surface area contributed by atoms with E-state index in [-0.39, 0.29) is 11.9 Å². The van der Waals surface area contributed by atoms with Crippen molar-refractivity contribution >= 4 is 40.6 Å². The van der Waals surface area contributed by atoms with E-state index in [1.165, 1.54) is 0 Å². The largest absolute Gasteiger partial charge is 0.362 e. The lowest BCUT2D eigenvalue weighted by atomic mass is 10.2. The van der Waals surface area contributed by atoms with Gasteiger partial charge < -0.3 is 15.1 Å². The van der Waals surface area contributed by atoms with Gasteiger partial charge in [-0.05, 0) is 50.0 Å². The van der Waals surface area contributed by atoms with Gasteiger partial charge in [-0.2, -0.15) is 0 Å². The summed E-state index contributed by atoms with van der Waals surface area (Å²) >= 11 is 0. The Bertz CT molecular complexity index is 1180. The molecule has 1 amide bonds. The lowest BCUT2D eigenvalue weighted by Gasteiger charge is -2.17. The Balaban J connectivity index is 1.49. The van der Waals surface area contributed by atoms with Crippen molar-refractivity contribution in [2.45, 2.75) is 31.7 Å². The molecule has 1 saturated carbocycles. The number of carbonyl (C=O) groups excluding carboxylic acids is 1. The second-order valence-electron chi connectivity index (χ2n) is 8.56. The van der Waals surface area contributed by atoms with Crippen LogP contribution in [0.4, 0.5) is 11.6 Å². The van der Waals surface area contributed by atoms with E-state index in [9.17, 15) is 4.79 Å². The number of amides is 1. The minimum atomic E-state index is -0.137. The summed E-state index contributed by atoms with van der Waals surface area (Å²) in [4.78, 5) is 35.5. The summed E-state index contributed by atoms with van der Waals surface area (Å²) in [7, 11) is 3.94. The van der Waals surface area contributed by atoms with E-state index in [2.05, 4.69) is 20.2 Å². The number of nitrogens with zero attached hydrogens (tertiary/aromatic N) is 6. The first-order valence-corrected chi connectivity index (χ1v) is 11.1. The zero-order valence-corrected chi connectivity index (χ0v) is 18.5. The molecule has 0 spiro atoms. The fourth-order valence-electron chi connectivity index (χ4n) is 3.88. The minimum Gasteiger partial charge on any atom is -0.362 e. The molecule has 1 saturated heterocycles. The molecule has 5 rings (SSSR count). The zero-order valence-electron chi connectivity index (χ0n) is 18.5. The molecular formula is C24H27N7O. The highest BCUT2D eigenvalue weighted by Crippen LogP contribution is 2.24. The number of hydrogen-bond acceptors (Lipinski definition) is 7. The predicted octanol–water partition coefficient (Wildman–Crippen LogP) is 3.15. The highest BCUT2D eigenvalue weighted by Gasteiger charge is 2.25. The second kappa shape index (κ2) is 8.53. The number of rotatable bonds is 6. The molecular weight excluding hydrogens is 402 g/mol. The van der Waals surface area contributed by atoms with Crippen LogP contribution in [0.15, 0.2) is 30.3 Å². The van der Waals surface area contributed by atoms with Gasteiger partial charge in [0.25, 0.3) is 5.91 Å². The number of anilines is 2. The van der Waals surface area contributed by atoms with Crippen LogP contribution in [0.3, 0.4) is 0 Å². The quantitative estimate of drug-likeness (QED) is 0.644. The van der Waals surface area contributed by atoms with E-state index in [4.69, 9.17) is 9.97 Å². The molecule has 1 aliphatic carbocycles. The Morgan fingerprint density at radius 3 is 2.47 bits per heavy atom. The van der Waals surface area contributed by atoms with Crippen LogP contribution < -0.4 is 15.1 Å². The molecule has 2 aliphatic rings. The summed E-state index contributed by atoms with van der Waals surface area (Å²) in [5, 5.41) is 4.03. The molecule has 8 heteroatoms. The fourth-order valence-corrected chi connectivity index (χ4v) is 3.88. The van der Waals surface area contributed by atoms with E-state index in [1.54, 1.807) is 12.1 Å². The maximum atomic E-state index is 12.7. The van der Waals surface area contributed by atoms with Gasteiger partial charge in [-0.1, -0.05) is 12.1 Å². The van der Waals surface area contributed by atoms with Gasteiger partial charge in [0, 0.05) is 44.7 Å². The van der Waals surface area contributed by atoms with Crippen molar-refractivity contribution < 1.29 is 4.79 Å². The number of para-hydroxylation sites is 1. The van der Waals surface area contributed by atoms with Gasteiger partial charge >= 0.3 is 0 Å².